The maximum atomic E-state index is 12.6. The number of nitrogens with one attached hydrogen (secondary N) is 1. The fourth-order valence-electron chi connectivity index (χ4n) is 4.09. The second-order valence-corrected chi connectivity index (χ2v) is 8.89. The fraction of sp³-hybridized carbons (Fsp3) is 0.267. The number of nitrogens with zero attached hydrogens (tertiary/aromatic N) is 2. The van der Waals surface area contributed by atoms with E-state index in [1.807, 2.05) is 67.6 Å². The summed E-state index contributed by atoms with van der Waals surface area (Å²) in [7, 11) is 0. The molecule has 0 saturated carbocycles. The average Bonchev–Trinajstić information content (AvgIpc) is 3.24. The molecule has 1 amide bonds. The Morgan fingerprint density at radius 2 is 1.77 bits per heavy atom. The van der Waals surface area contributed by atoms with Crippen LogP contribution in [0.3, 0.4) is 0 Å². The molecule has 0 bridgehead atoms. The zero-order valence-electron chi connectivity index (χ0n) is 20.7. The molecular formula is C30H33N3O2. The van der Waals surface area contributed by atoms with Gasteiger partial charge in [-0.15, -0.1) is 0 Å². The molecule has 0 aliphatic heterocycles. The van der Waals surface area contributed by atoms with E-state index in [0.29, 0.717) is 6.61 Å². The van der Waals surface area contributed by atoms with Crippen LogP contribution in [0.15, 0.2) is 78.9 Å². The molecule has 35 heavy (non-hydrogen) atoms. The molecule has 1 N–H and O–H groups in total. The standard InChI is InChI=1S/C30H33N3O2/c1-22-15-17-26(21-23(22)2)35-20-10-9-19-33-28-14-8-7-13-27(28)32-30(33)24(3)31-29(34)18-16-25-11-5-4-6-12-25/h4-8,11-18,21,24H,9-10,19-20H2,1-3H3,(H,31,34)/b18-16-. The summed E-state index contributed by atoms with van der Waals surface area (Å²) < 4.78 is 8.17. The van der Waals surface area contributed by atoms with Crippen LogP contribution in [0, 0.1) is 13.8 Å². The number of carbonyl (C=O) groups is 1. The Hall–Kier alpha value is -3.86. The Morgan fingerprint density at radius 1 is 1.00 bits per heavy atom. The summed E-state index contributed by atoms with van der Waals surface area (Å²) in [6.07, 6.45) is 5.27. The normalized spacial score (nSPS) is 12.2. The number of rotatable bonds is 10. The SMILES string of the molecule is Cc1ccc(OCCCCn2c(C(C)NC(=O)/C=C\c3ccccc3)nc3ccccc32)cc1C. The minimum atomic E-state index is -0.220. The van der Waals surface area contributed by atoms with Gasteiger partial charge in [0, 0.05) is 12.6 Å². The molecule has 0 saturated heterocycles. The van der Waals surface area contributed by atoms with Crippen molar-refractivity contribution < 1.29 is 9.53 Å². The van der Waals surface area contributed by atoms with E-state index in [0.717, 1.165) is 47.6 Å². The first-order valence-electron chi connectivity index (χ1n) is 12.2. The number of benzene rings is 3. The number of aryl methyl sites for hydroxylation is 3. The molecule has 1 unspecified atom stereocenters. The van der Waals surface area contributed by atoms with E-state index in [4.69, 9.17) is 9.72 Å². The fourth-order valence-corrected chi connectivity index (χ4v) is 4.09. The van der Waals surface area contributed by atoms with Gasteiger partial charge in [0.15, 0.2) is 0 Å². The van der Waals surface area contributed by atoms with Gasteiger partial charge in [-0.25, -0.2) is 4.98 Å². The highest BCUT2D eigenvalue weighted by atomic mass is 16.5. The van der Waals surface area contributed by atoms with Crippen LogP contribution in [0.2, 0.25) is 0 Å². The Balaban J connectivity index is 1.38. The van der Waals surface area contributed by atoms with Gasteiger partial charge < -0.3 is 14.6 Å². The van der Waals surface area contributed by atoms with Crippen molar-refractivity contribution in [3.63, 3.8) is 0 Å². The van der Waals surface area contributed by atoms with E-state index in [9.17, 15) is 4.79 Å². The van der Waals surface area contributed by atoms with E-state index < -0.39 is 0 Å². The molecule has 4 aromatic rings. The van der Waals surface area contributed by atoms with Crippen LogP contribution in [-0.2, 0) is 11.3 Å². The third-order valence-corrected chi connectivity index (χ3v) is 6.18. The maximum Gasteiger partial charge on any atom is 0.244 e. The van der Waals surface area contributed by atoms with E-state index in [1.54, 1.807) is 6.08 Å². The lowest BCUT2D eigenvalue weighted by Gasteiger charge is -2.16. The minimum absolute atomic E-state index is 0.137. The maximum absolute atomic E-state index is 12.6. The van der Waals surface area contributed by atoms with Crippen molar-refractivity contribution in [1.29, 1.82) is 0 Å². The van der Waals surface area contributed by atoms with Gasteiger partial charge in [0.25, 0.3) is 0 Å². The van der Waals surface area contributed by atoms with Crippen LogP contribution < -0.4 is 10.1 Å². The Morgan fingerprint density at radius 3 is 2.57 bits per heavy atom. The van der Waals surface area contributed by atoms with Gasteiger partial charge in [-0.1, -0.05) is 48.5 Å². The highest BCUT2D eigenvalue weighted by Gasteiger charge is 2.17. The molecule has 0 aliphatic rings. The van der Waals surface area contributed by atoms with Gasteiger partial charge in [-0.2, -0.15) is 0 Å². The minimum Gasteiger partial charge on any atom is -0.494 e. The summed E-state index contributed by atoms with van der Waals surface area (Å²) in [6, 6.07) is 23.9. The molecule has 1 heterocycles. The quantitative estimate of drug-likeness (QED) is 0.217. The number of hydrogen-bond acceptors (Lipinski definition) is 3. The number of fused-ring (bicyclic) bond motifs is 1. The van der Waals surface area contributed by atoms with Crippen LogP contribution in [0.25, 0.3) is 17.1 Å². The highest BCUT2D eigenvalue weighted by Crippen LogP contribution is 2.22. The Bertz CT molecular complexity index is 1310. The monoisotopic (exact) mass is 467 g/mol. The summed E-state index contributed by atoms with van der Waals surface area (Å²) in [5, 5.41) is 3.07. The Kier molecular flexibility index (Phi) is 7.99. The van der Waals surface area contributed by atoms with Crippen LogP contribution in [-0.4, -0.2) is 22.1 Å². The predicted molar refractivity (Wildman–Crippen MR) is 142 cm³/mol. The van der Waals surface area contributed by atoms with Crippen molar-refractivity contribution in [2.75, 3.05) is 6.61 Å². The van der Waals surface area contributed by atoms with E-state index in [2.05, 4.69) is 41.9 Å². The second-order valence-electron chi connectivity index (χ2n) is 8.89. The van der Waals surface area contributed by atoms with Crippen molar-refractivity contribution in [3.05, 3.63) is 101 Å². The number of ether oxygens (including phenoxy) is 1. The van der Waals surface area contributed by atoms with Crippen molar-refractivity contribution in [3.8, 4) is 5.75 Å². The molecule has 1 atom stereocenters. The van der Waals surface area contributed by atoms with Gasteiger partial charge in [-0.3, -0.25) is 4.79 Å². The number of carbonyl (C=O) groups excluding carboxylic acids is 1. The average molecular weight is 468 g/mol. The van der Waals surface area contributed by atoms with E-state index in [-0.39, 0.29) is 11.9 Å². The largest absolute Gasteiger partial charge is 0.494 e. The van der Waals surface area contributed by atoms with Gasteiger partial charge in [-0.05, 0) is 80.6 Å². The van der Waals surface area contributed by atoms with Crippen molar-refractivity contribution in [2.45, 2.75) is 46.2 Å². The predicted octanol–water partition coefficient (Wildman–Crippen LogP) is 6.40. The highest BCUT2D eigenvalue weighted by molar-refractivity contribution is 5.92. The number of para-hydroxylation sites is 2. The number of aromatic nitrogens is 2. The van der Waals surface area contributed by atoms with Crippen molar-refractivity contribution >= 4 is 23.0 Å². The van der Waals surface area contributed by atoms with Gasteiger partial charge in [0.2, 0.25) is 5.91 Å². The van der Waals surface area contributed by atoms with Gasteiger partial charge in [0.1, 0.15) is 11.6 Å². The van der Waals surface area contributed by atoms with Crippen LogP contribution >= 0.6 is 0 Å². The number of amides is 1. The van der Waals surface area contributed by atoms with Crippen LogP contribution in [0.5, 0.6) is 5.75 Å². The molecule has 180 valence electrons. The molecule has 3 aromatic carbocycles. The van der Waals surface area contributed by atoms with Crippen LogP contribution in [0.4, 0.5) is 0 Å². The van der Waals surface area contributed by atoms with E-state index >= 15 is 0 Å². The zero-order valence-corrected chi connectivity index (χ0v) is 20.7. The molecule has 0 aliphatic carbocycles. The topological polar surface area (TPSA) is 56.1 Å². The summed E-state index contributed by atoms with van der Waals surface area (Å²) in [6.45, 7) is 7.67. The molecule has 0 fully saturated rings. The third kappa shape index (κ3) is 6.38. The molecule has 4 rings (SSSR count). The molecule has 5 heteroatoms. The number of imidazole rings is 1. The lowest BCUT2D eigenvalue weighted by atomic mass is 10.1. The number of hydrogen-bond donors (Lipinski definition) is 1. The molecule has 1 aromatic heterocycles. The zero-order chi connectivity index (χ0) is 24.6. The van der Waals surface area contributed by atoms with E-state index in [1.165, 1.54) is 11.1 Å². The summed E-state index contributed by atoms with van der Waals surface area (Å²) >= 11 is 0. The first-order valence-corrected chi connectivity index (χ1v) is 12.2. The third-order valence-electron chi connectivity index (χ3n) is 6.18. The summed E-state index contributed by atoms with van der Waals surface area (Å²) in [4.78, 5) is 17.4. The second kappa shape index (κ2) is 11.5. The summed E-state index contributed by atoms with van der Waals surface area (Å²) in [5.41, 5.74) is 5.53. The summed E-state index contributed by atoms with van der Waals surface area (Å²) in [5.74, 6) is 1.64. The van der Waals surface area contributed by atoms with Gasteiger partial charge in [0.05, 0.1) is 23.7 Å². The Labute approximate surface area is 207 Å². The first kappa shape index (κ1) is 24.3. The van der Waals surface area contributed by atoms with Gasteiger partial charge >= 0.3 is 0 Å². The number of unbranched alkanes of at least 4 members (excludes halogenated alkanes) is 1. The van der Waals surface area contributed by atoms with Crippen LogP contribution in [0.1, 0.15) is 48.3 Å². The lowest BCUT2D eigenvalue weighted by molar-refractivity contribution is -0.117. The molecule has 5 nitrogen and oxygen atoms in total. The van der Waals surface area contributed by atoms with Crippen molar-refractivity contribution in [1.82, 2.24) is 14.9 Å². The molecular weight excluding hydrogens is 434 g/mol. The van der Waals surface area contributed by atoms with Crippen molar-refractivity contribution in [2.24, 2.45) is 0 Å². The molecule has 0 radical (unpaired) electrons. The first-order chi connectivity index (χ1) is 17.0. The lowest BCUT2D eigenvalue weighted by Crippen LogP contribution is -2.27. The smallest absolute Gasteiger partial charge is 0.244 e. The molecule has 0 spiro atoms.